The molecule has 16 heavy (non-hydrogen) atoms. The van der Waals surface area contributed by atoms with E-state index in [1.165, 1.54) is 4.08 Å². The molecule has 0 fully saturated rings. The number of carboxylic acids is 1. The first-order valence-electron chi connectivity index (χ1n) is 5.78. The highest BCUT2D eigenvalue weighted by Crippen LogP contribution is 2.28. The van der Waals surface area contributed by atoms with E-state index in [1.807, 2.05) is 29.5 Å². The molecule has 0 saturated heterocycles. The Bertz CT molecular complexity index is 251. The second-order valence-electron chi connectivity index (χ2n) is 4.02. The summed E-state index contributed by atoms with van der Waals surface area (Å²) in [7, 11) is 0. The van der Waals surface area contributed by atoms with E-state index in [2.05, 4.69) is 6.92 Å². The fraction of sp³-hybridized carbons (Fsp3) is 0.750. The van der Waals surface area contributed by atoms with E-state index in [0.29, 0.717) is 12.8 Å². The van der Waals surface area contributed by atoms with E-state index in [4.69, 9.17) is 5.11 Å². The molecule has 0 aromatic carbocycles. The quantitative estimate of drug-likeness (QED) is 0.404. The van der Waals surface area contributed by atoms with Crippen molar-refractivity contribution in [3.05, 3.63) is 9.66 Å². The van der Waals surface area contributed by atoms with Crippen LogP contribution in [0.5, 0.6) is 0 Å². The van der Waals surface area contributed by atoms with E-state index >= 15 is 0 Å². The second kappa shape index (κ2) is 8.06. The highest BCUT2D eigenvalue weighted by Gasteiger charge is 2.33. The van der Waals surface area contributed by atoms with Gasteiger partial charge in [0.05, 0.1) is 11.2 Å². The first-order chi connectivity index (χ1) is 7.51. The van der Waals surface area contributed by atoms with Gasteiger partial charge in [0.25, 0.3) is 0 Å². The van der Waals surface area contributed by atoms with Crippen LogP contribution in [0.2, 0.25) is 0 Å². The normalized spacial score (nSPS) is 15.9. The predicted molar refractivity (Wildman–Crippen MR) is 73.7 cm³/mol. The van der Waals surface area contributed by atoms with Crippen LogP contribution in [0.25, 0.3) is 0 Å². The second-order valence-corrected chi connectivity index (χ2v) is 4.65. The zero-order valence-electron chi connectivity index (χ0n) is 10.0. The highest BCUT2D eigenvalue weighted by molar-refractivity contribution is 14.1. The van der Waals surface area contributed by atoms with Gasteiger partial charge in [0.15, 0.2) is 0 Å². The summed E-state index contributed by atoms with van der Waals surface area (Å²) in [6, 6.07) is 0. The summed E-state index contributed by atoms with van der Waals surface area (Å²) in [5, 5.41) is 19.3. The van der Waals surface area contributed by atoms with Crippen molar-refractivity contribution < 1.29 is 15.0 Å². The monoisotopic (exact) mass is 340 g/mol. The summed E-state index contributed by atoms with van der Waals surface area (Å²) >= 11 is 1.88. The molecule has 0 bridgehead atoms. The van der Waals surface area contributed by atoms with Crippen LogP contribution in [0.15, 0.2) is 9.66 Å². The standard InChI is InChI=1S/C12H21IO3/c1-3-5-6-7-8-12(16,4-2)10(9-13)11(14)15/h9,16H,3-8H2,1-2H3,(H,14,15). The lowest BCUT2D eigenvalue weighted by Crippen LogP contribution is -2.34. The number of aliphatic carboxylic acids is 1. The van der Waals surface area contributed by atoms with Crippen LogP contribution in [0.4, 0.5) is 0 Å². The molecule has 0 saturated carbocycles. The van der Waals surface area contributed by atoms with Crippen molar-refractivity contribution in [2.75, 3.05) is 0 Å². The molecule has 0 aliphatic carbocycles. The maximum atomic E-state index is 11.0. The molecule has 94 valence electrons. The van der Waals surface area contributed by atoms with Gasteiger partial charge in [-0.3, -0.25) is 0 Å². The first kappa shape index (κ1) is 15.9. The number of rotatable bonds is 8. The first-order valence-corrected chi connectivity index (χ1v) is 7.03. The molecule has 0 aromatic heterocycles. The van der Waals surface area contributed by atoms with Crippen LogP contribution < -0.4 is 0 Å². The van der Waals surface area contributed by atoms with Gasteiger partial charge in [0, 0.05) is 0 Å². The van der Waals surface area contributed by atoms with Crippen molar-refractivity contribution in [2.45, 2.75) is 58.0 Å². The highest BCUT2D eigenvalue weighted by atomic mass is 127. The topological polar surface area (TPSA) is 57.5 Å². The number of unbranched alkanes of at least 4 members (excludes halogenated alkanes) is 3. The molecule has 0 aromatic rings. The summed E-state index contributed by atoms with van der Waals surface area (Å²) in [6.07, 6.45) is 5.17. The van der Waals surface area contributed by atoms with E-state index in [-0.39, 0.29) is 5.57 Å². The minimum Gasteiger partial charge on any atom is -0.478 e. The molecule has 0 rings (SSSR count). The molecular weight excluding hydrogens is 319 g/mol. The van der Waals surface area contributed by atoms with Gasteiger partial charge in [0.2, 0.25) is 0 Å². The molecule has 0 heterocycles. The largest absolute Gasteiger partial charge is 0.478 e. The molecule has 4 heteroatoms. The number of carboxylic acid groups (broad SMARTS) is 1. The number of aliphatic hydroxyl groups is 1. The molecule has 0 amide bonds. The number of hydrogen-bond donors (Lipinski definition) is 2. The van der Waals surface area contributed by atoms with Crippen molar-refractivity contribution in [2.24, 2.45) is 0 Å². The summed E-state index contributed by atoms with van der Waals surface area (Å²) in [6.45, 7) is 3.95. The minimum atomic E-state index is -1.17. The molecule has 0 aliphatic heterocycles. The molecule has 2 N–H and O–H groups in total. The lowest BCUT2D eigenvalue weighted by atomic mass is 9.86. The Kier molecular flexibility index (Phi) is 8.01. The Morgan fingerprint density at radius 2 is 1.94 bits per heavy atom. The van der Waals surface area contributed by atoms with Crippen molar-refractivity contribution in [1.29, 1.82) is 0 Å². The third kappa shape index (κ3) is 4.82. The summed E-state index contributed by atoms with van der Waals surface area (Å²) in [4.78, 5) is 11.0. The van der Waals surface area contributed by atoms with Crippen molar-refractivity contribution >= 4 is 28.6 Å². The Morgan fingerprint density at radius 1 is 1.31 bits per heavy atom. The fourth-order valence-electron chi connectivity index (χ4n) is 1.69. The van der Waals surface area contributed by atoms with E-state index in [1.54, 1.807) is 0 Å². The SMILES string of the molecule is CCCCCCC(O)(CC)C(=CI)C(=O)O. The number of hydrogen-bond acceptors (Lipinski definition) is 2. The average Bonchev–Trinajstić information content (AvgIpc) is 2.25. The van der Waals surface area contributed by atoms with Gasteiger partial charge in [-0.05, 0) is 16.9 Å². The van der Waals surface area contributed by atoms with Gasteiger partial charge in [-0.15, -0.1) is 0 Å². The molecule has 0 spiro atoms. The number of carbonyl (C=O) groups is 1. The smallest absolute Gasteiger partial charge is 0.334 e. The summed E-state index contributed by atoms with van der Waals surface area (Å²) in [5.74, 6) is -1.02. The Hall–Kier alpha value is -0.100. The molecule has 1 unspecified atom stereocenters. The van der Waals surface area contributed by atoms with Crippen molar-refractivity contribution in [1.82, 2.24) is 0 Å². The summed E-state index contributed by atoms with van der Waals surface area (Å²) < 4.78 is 1.48. The van der Waals surface area contributed by atoms with Crippen LogP contribution in [-0.4, -0.2) is 21.8 Å². The van der Waals surface area contributed by atoms with Crippen LogP contribution in [0, 0.1) is 0 Å². The molecule has 0 aliphatic rings. The zero-order valence-corrected chi connectivity index (χ0v) is 12.2. The van der Waals surface area contributed by atoms with E-state index in [9.17, 15) is 9.90 Å². The van der Waals surface area contributed by atoms with Crippen LogP contribution in [0.3, 0.4) is 0 Å². The van der Waals surface area contributed by atoms with Crippen LogP contribution in [-0.2, 0) is 4.79 Å². The molecular formula is C12H21IO3. The molecule has 1 atom stereocenters. The zero-order chi connectivity index (χ0) is 12.6. The third-order valence-electron chi connectivity index (χ3n) is 2.87. The Balaban J connectivity index is 4.46. The van der Waals surface area contributed by atoms with Crippen LogP contribution >= 0.6 is 22.6 Å². The fourth-order valence-corrected chi connectivity index (χ4v) is 2.54. The van der Waals surface area contributed by atoms with E-state index < -0.39 is 11.6 Å². The maximum Gasteiger partial charge on any atom is 0.334 e. The van der Waals surface area contributed by atoms with Gasteiger partial charge in [0.1, 0.15) is 0 Å². The molecule has 0 radical (unpaired) electrons. The Morgan fingerprint density at radius 3 is 2.31 bits per heavy atom. The van der Waals surface area contributed by atoms with E-state index in [0.717, 1.165) is 25.7 Å². The lowest BCUT2D eigenvalue weighted by Gasteiger charge is -2.27. The summed E-state index contributed by atoms with van der Waals surface area (Å²) in [5.41, 5.74) is -1.05. The van der Waals surface area contributed by atoms with Gasteiger partial charge < -0.3 is 10.2 Å². The number of halogens is 1. The van der Waals surface area contributed by atoms with Crippen molar-refractivity contribution in [3.63, 3.8) is 0 Å². The maximum absolute atomic E-state index is 11.0. The minimum absolute atomic E-state index is 0.118. The lowest BCUT2D eigenvalue weighted by molar-refractivity contribution is -0.135. The van der Waals surface area contributed by atoms with Crippen molar-refractivity contribution in [3.8, 4) is 0 Å². The Labute approximate surface area is 111 Å². The van der Waals surface area contributed by atoms with Gasteiger partial charge in [-0.25, -0.2) is 4.79 Å². The average molecular weight is 340 g/mol. The third-order valence-corrected chi connectivity index (χ3v) is 3.49. The van der Waals surface area contributed by atoms with Gasteiger partial charge in [-0.2, -0.15) is 0 Å². The van der Waals surface area contributed by atoms with Gasteiger partial charge >= 0.3 is 5.97 Å². The van der Waals surface area contributed by atoms with Crippen LogP contribution in [0.1, 0.15) is 52.4 Å². The molecule has 3 nitrogen and oxygen atoms in total. The van der Waals surface area contributed by atoms with Gasteiger partial charge in [-0.1, -0.05) is 62.1 Å². The predicted octanol–water partition coefficient (Wildman–Crippen LogP) is 3.50.